The van der Waals surface area contributed by atoms with E-state index < -0.39 is 0 Å². The highest BCUT2D eigenvalue weighted by atomic mass is 79.9. The quantitative estimate of drug-likeness (QED) is 0.588. The first-order chi connectivity index (χ1) is 6.83. The Hall–Kier alpha value is -0.250. The second-order valence-electron chi connectivity index (χ2n) is 2.60. The Bertz CT molecular complexity index is 251. The van der Waals surface area contributed by atoms with E-state index in [1.165, 1.54) is 0 Å². The first-order valence-electron chi connectivity index (χ1n) is 4.35. The van der Waals surface area contributed by atoms with Crippen LogP contribution < -0.4 is 4.74 Å². The van der Waals surface area contributed by atoms with E-state index in [-0.39, 0.29) is 0 Å². The molecule has 1 aromatic rings. The standard InChI is InChI=1S/C10H12BrClO2/c11-5-6-13-7-8-14-10-3-1-9(12)2-4-10/h1-4H,5-8H2. The molecular weight excluding hydrogens is 267 g/mol. The SMILES string of the molecule is Clc1ccc(OCCOCCBr)cc1. The fourth-order valence-corrected chi connectivity index (χ4v) is 1.26. The highest BCUT2D eigenvalue weighted by Gasteiger charge is 1.93. The summed E-state index contributed by atoms with van der Waals surface area (Å²) in [5.41, 5.74) is 0. The lowest BCUT2D eigenvalue weighted by molar-refractivity contribution is 0.112. The van der Waals surface area contributed by atoms with Crippen LogP contribution in [0, 0.1) is 0 Å². The lowest BCUT2D eigenvalue weighted by Gasteiger charge is -2.05. The fourth-order valence-electron chi connectivity index (χ4n) is 0.906. The van der Waals surface area contributed by atoms with Gasteiger partial charge in [-0.3, -0.25) is 0 Å². The maximum atomic E-state index is 5.73. The lowest BCUT2D eigenvalue weighted by atomic mass is 10.3. The third kappa shape index (κ3) is 4.84. The molecule has 0 aromatic heterocycles. The van der Waals surface area contributed by atoms with E-state index in [9.17, 15) is 0 Å². The van der Waals surface area contributed by atoms with E-state index >= 15 is 0 Å². The van der Waals surface area contributed by atoms with Crippen LogP contribution in [-0.4, -0.2) is 25.2 Å². The summed E-state index contributed by atoms with van der Waals surface area (Å²) in [4.78, 5) is 0. The average molecular weight is 280 g/mol. The van der Waals surface area contributed by atoms with Gasteiger partial charge < -0.3 is 9.47 Å². The van der Waals surface area contributed by atoms with Gasteiger partial charge in [0.2, 0.25) is 0 Å². The van der Waals surface area contributed by atoms with Crippen molar-refractivity contribution in [2.75, 3.05) is 25.2 Å². The number of alkyl halides is 1. The van der Waals surface area contributed by atoms with Crippen LogP contribution in [0.2, 0.25) is 5.02 Å². The first-order valence-corrected chi connectivity index (χ1v) is 5.85. The molecule has 0 amide bonds. The van der Waals surface area contributed by atoms with Crippen molar-refractivity contribution < 1.29 is 9.47 Å². The topological polar surface area (TPSA) is 18.5 Å². The second kappa shape index (κ2) is 7.10. The van der Waals surface area contributed by atoms with Crippen LogP contribution in [0.15, 0.2) is 24.3 Å². The number of benzene rings is 1. The van der Waals surface area contributed by atoms with Crippen LogP contribution >= 0.6 is 27.5 Å². The zero-order valence-electron chi connectivity index (χ0n) is 7.71. The minimum atomic E-state index is 0.564. The Morgan fingerprint density at radius 2 is 1.79 bits per heavy atom. The molecule has 0 heterocycles. The first kappa shape index (κ1) is 11.8. The van der Waals surface area contributed by atoms with Crippen molar-refractivity contribution in [2.45, 2.75) is 0 Å². The third-order valence-corrected chi connectivity index (χ3v) is 2.11. The number of rotatable bonds is 6. The van der Waals surface area contributed by atoms with Gasteiger partial charge in [0.15, 0.2) is 0 Å². The Balaban J connectivity index is 2.15. The van der Waals surface area contributed by atoms with Crippen molar-refractivity contribution in [2.24, 2.45) is 0 Å². The molecule has 0 unspecified atom stereocenters. The van der Waals surface area contributed by atoms with Gasteiger partial charge in [0.1, 0.15) is 12.4 Å². The van der Waals surface area contributed by atoms with Crippen LogP contribution in [0.25, 0.3) is 0 Å². The third-order valence-electron chi connectivity index (χ3n) is 1.53. The molecule has 0 aliphatic heterocycles. The molecule has 0 saturated carbocycles. The van der Waals surface area contributed by atoms with E-state index in [0.717, 1.165) is 11.1 Å². The smallest absolute Gasteiger partial charge is 0.119 e. The van der Waals surface area contributed by atoms with Gasteiger partial charge in [-0.15, -0.1) is 0 Å². The summed E-state index contributed by atoms with van der Waals surface area (Å²) >= 11 is 9.00. The van der Waals surface area contributed by atoms with Crippen molar-refractivity contribution in [1.82, 2.24) is 0 Å². The summed E-state index contributed by atoms with van der Waals surface area (Å²) in [5, 5.41) is 1.57. The molecule has 2 nitrogen and oxygen atoms in total. The molecule has 0 N–H and O–H groups in total. The van der Waals surface area contributed by atoms with Crippen LogP contribution in [-0.2, 0) is 4.74 Å². The summed E-state index contributed by atoms with van der Waals surface area (Å²) < 4.78 is 10.6. The molecule has 0 aliphatic carbocycles. The molecule has 0 aliphatic rings. The zero-order chi connectivity index (χ0) is 10.2. The summed E-state index contributed by atoms with van der Waals surface area (Å²) in [6.45, 7) is 1.88. The molecule has 1 rings (SSSR count). The van der Waals surface area contributed by atoms with Gasteiger partial charge >= 0.3 is 0 Å². The lowest BCUT2D eigenvalue weighted by Crippen LogP contribution is -2.07. The molecule has 0 atom stereocenters. The maximum Gasteiger partial charge on any atom is 0.119 e. The van der Waals surface area contributed by atoms with Gasteiger partial charge in [0.05, 0.1) is 13.2 Å². The number of ether oxygens (including phenoxy) is 2. The average Bonchev–Trinajstić information content (AvgIpc) is 2.21. The van der Waals surface area contributed by atoms with Crippen LogP contribution in [0.3, 0.4) is 0 Å². The van der Waals surface area contributed by atoms with Gasteiger partial charge in [-0.05, 0) is 24.3 Å². The monoisotopic (exact) mass is 278 g/mol. The Morgan fingerprint density at radius 1 is 1.07 bits per heavy atom. The summed E-state index contributed by atoms with van der Waals surface area (Å²) in [6, 6.07) is 7.28. The molecule has 0 bridgehead atoms. The Kier molecular flexibility index (Phi) is 5.99. The highest BCUT2D eigenvalue weighted by Crippen LogP contribution is 2.15. The van der Waals surface area contributed by atoms with Crippen LogP contribution in [0.4, 0.5) is 0 Å². The summed E-state index contributed by atoms with van der Waals surface area (Å²) in [5.74, 6) is 0.817. The highest BCUT2D eigenvalue weighted by molar-refractivity contribution is 9.09. The van der Waals surface area contributed by atoms with Crippen LogP contribution in [0.1, 0.15) is 0 Å². The van der Waals surface area contributed by atoms with Crippen molar-refractivity contribution in [3.63, 3.8) is 0 Å². The number of halogens is 2. The van der Waals surface area contributed by atoms with Gasteiger partial charge in [0, 0.05) is 10.4 Å². The minimum Gasteiger partial charge on any atom is -0.491 e. The molecule has 78 valence electrons. The maximum absolute atomic E-state index is 5.73. The molecular formula is C10H12BrClO2. The summed E-state index contributed by atoms with van der Waals surface area (Å²) in [6.07, 6.45) is 0. The van der Waals surface area contributed by atoms with Crippen molar-refractivity contribution in [1.29, 1.82) is 0 Å². The predicted molar refractivity (Wildman–Crippen MR) is 61.6 cm³/mol. The Labute approximate surface area is 97.3 Å². The van der Waals surface area contributed by atoms with Gasteiger partial charge in [-0.2, -0.15) is 0 Å². The molecule has 0 fully saturated rings. The second-order valence-corrected chi connectivity index (χ2v) is 3.83. The molecule has 4 heteroatoms. The van der Waals surface area contributed by atoms with Crippen molar-refractivity contribution >= 4 is 27.5 Å². The zero-order valence-corrected chi connectivity index (χ0v) is 10.1. The summed E-state index contributed by atoms with van der Waals surface area (Å²) in [7, 11) is 0. The largest absolute Gasteiger partial charge is 0.491 e. The predicted octanol–water partition coefficient (Wildman–Crippen LogP) is 3.13. The Morgan fingerprint density at radius 3 is 2.43 bits per heavy atom. The van der Waals surface area contributed by atoms with Crippen LogP contribution in [0.5, 0.6) is 5.75 Å². The van der Waals surface area contributed by atoms with Gasteiger partial charge in [-0.25, -0.2) is 0 Å². The van der Waals surface area contributed by atoms with Crippen molar-refractivity contribution in [3.05, 3.63) is 29.3 Å². The molecule has 0 saturated heterocycles. The van der Waals surface area contributed by atoms with Gasteiger partial charge in [0.25, 0.3) is 0 Å². The number of hydrogen-bond donors (Lipinski definition) is 0. The van der Waals surface area contributed by atoms with E-state index in [1.807, 2.05) is 12.1 Å². The fraction of sp³-hybridized carbons (Fsp3) is 0.400. The number of hydrogen-bond acceptors (Lipinski definition) is 2. The van der Waals surface area contributed by atoms with E-state index in [4.69, 9.17) is 21.1 Å². The molecule has 1 aromatic carbocycles. The molecule has 14 heavy (non-hydrogen) atoms. The normalized spacial score (nSPS) is 10.1. The minimum absolute atomic E-state index is 0.564. The molecule has 0 radical (unpaired) electrons. The van der Waals surface area contributed by atoms with E-state index in [0.29, 0.717) is 24.8 Å². The van der Waals surface area contributed by atoms with E-state index in [1.54, 1.807) is 12.1 Å². The van der Waals surface area contributed by atoms with E-state index in [2.05, 4.69) is 15.9 Å². The molecule has 0 spiro atoms. The van der Waals surface area contributed by atoms with Crippen molar-refractivity contribution in [3.8, 4) is 5.75 Å². The van der Waals surface area contributed by atoms with Gasteiger partial charge in [-0.1, -0.05) is 27.5 Å².